The molecule has 0 aliphatic heterocycles. The molecule has 0 atom stereocenters. The van der Waals surface area contributed by atoms with Gasteiger partial charge in [0.05, 0.1) is 18.8 Å². The summed E-state index contributed by atoms with van der Waals surface area (Å²) in [5.74, 6) is 1.58. The average Bonchev–Trinajstić information content (AvgIpc) is 2.68. The van der Waals surface area contributed by atoms with Crippen molar-refractivity contribution in [3.05, 3.63) is 52.5 Å². The Morgan fingerprint density at radius 2 is 1.79 bits per heavy atom. The highest BCUT2D eigenvalue weighted by Crippen LogP contribution is 2.25. The summed E-state index contributed by atoms with van der Waals surface area (Å²) < 4.78 is 12.4. The van der Waals surface area contributed by atoms with E-state index in [0.29, 0.717) is 23.8 Å². The van der Waals surface area contributed by atoms with E-state index in [1.54, 1.807) is 6.07 Å². The van der Waals surface area contributed by atoms with Crippen LogP contribution >= 0.6 is 15.9 Å². The monoisotopic (exact) mass is 447 g/mol. The van der Waals surface area contributed by atoms with Crippen molar-refractivity contribution in [1.82, 2.24) is 0 Å². The van der Waals surface area contributed by atoms with Gasteiger partial charge >= 0.3 is 0 Å². The van der Waals surface area contributed by atoms with Crippen LogP contribution in [0.2, 0.25) is 0 Å². The Bertz CT molecular complexity index is 744. The fourth-order valence-corrected chi connectivity index (χ4v) is 2.97. The Kier molecular flexibility index (Phi) is 9.35. The molecule has 1 amide bonds. The predicted octanol–water partition coefficient (Wildman–Crippen LogP) is 6.70. The van der Waals surface area contributed by atoms with Crippen LogP contribution in [0.15, 0.2) is 46.9 Å². The summed E-state index contributed by atoms with van der Waals surface area (Å²) in [6.07, 6.45) is 4.72. The molecule has 0 fully saturated rings. The molecule has 0 aromatic heterocycles. The van der Waals surface area contributed by atoms with E-state index in [9.17, 15) is 4.79 Å². The minimum absolute atomic E-state index is 0.201. The SMILES string of the molecule is CCCCCCOc1ccc(NC(=O)c2cc(Br)ccc2OCC(C)C)cc1. The molecule has 5 heteroatoms. The summed E-state index contributed by atoms with van der Waals surface area (Å²) in [5, 5.41) is 2.93. The lowest BCUT2D eigenvalue weighted by Crippen LogP contribution is -2.15. The van der Waals surface area contributed by atoms with Gasteiger partial charge in [0.15, 0.2) is 0 Å². The maximum atomic E-state index is 12.7. The van der Waals surface area contributed by atoms with Crippen LogP contribution in [0.25, 0.3) is 0 Å². The number of nitrogens with one attached hydrogen (secondary N) is 1. The Balaban J connectivity index is 1.96. The summed E-state index contributed by atoms with van der Waals surface area (Å²) >= 11 is 3.43. The number of amides is 1. The number of hydrogen-bond acceptors (Lipinski definition) is 3. The van der Waals surface area contributed by atoms with E-state index < -0.39 is 0 Å². The van der Waals surface area contributed by atoms with Crippen molar-refractivity contribution < 1.29 is 14.3 Å². The number of benzene rings is 2. The second-order valence-electron chi connectivity index (χ2n) is 7.23. The lowest BCUT2D eigenvalue weighted by atomic mass is 10.1. The summed E-state index contributed by atoms with van der Waals surface area (Å²) in [6, 6.07) is 12.9. The molecule has 2 aromatic carbocycles. The number of carbonyl (C=O) groups is 1. The van der Waals surface area contributed by atoms with Crippen molar-refractivity contribution in [2.45, 2.75) is 46.5 Å². The van der Waals surface area contributed by atoms with Gasteiger partial charge in [-0.25, -0.2) is 0 Å². The molecule has 2 aromatic rings. The standard InChI is InChI=1S/C23H30BrNO3/c1-4-5-6-7-14-27-20-11-9-19(10-12-20)25-23(26)21-15-18(24)8-13-22(21)28-16-17(2)3/h8-13,15,17H,4-7,14,16H2,1-3H3,(H,25,26). The van der Waals surface area contributed by atoms with Crippen LogP contribution in [-0.4, -0.2) is 19.1 Å². The van der Waals surface area contributed by atoms with Crippen molar-refractivity contribution in [2.75, 3.05) is 18.5 Å². The van der Waals surface area contributed by atoms with Gasteiger partial charge in [-0.05, 0) is 54.8 Å². The Hall–Kier alpha value is -2.01. The molecule has 4 nitrogen and oxygen atoms in total. The van der Waals surface area contributed by atoms with Crippen LogP contribution in [0.1, 0.15) is 56.8 Å². The third-order valence-electron chi connectivity index (χ3n) is 4.14. The lowest BCUT2D eigenvalue weighted by molar-refractivity contribution is 0.102. The van der Waals surface area contributed by atoms with Crippen molar-refractivity contribution in [3.8, 4) is 11.5 Å². The fraction of sp³-hybridized carbons (Fsp3) is 0.435. The maximum absolute atomic E-state index is 12.7. The van der Waals surface area contributed by atoms with Gasteiger partial charge in [-0.15, -0.1) is 0 Å². The smallest absolute Gasteiger partial charge is 0.259 e. The summed E-state index contributed by atoms with van der Waals surface area (Å²) in [7, 11) is 0. The third kappa shape index (κ3) is 7.55. The molecule has 28 heavy (non-hydrogen) atoms. The average molecular weight is 448 g/mol. The first-order valence-corrected chi connectivity index (χ1v) is 10.8. The van der Waals surface area contributed by atoms with Gasteiger partial charge in [0.25, 0.3) is 5.91 Å². The van der Waals surface area contributed by atoms with E-state index >= 15 is 0 Å². The predicted molar refractivity (Wildman–Crippen MR) is 119 cm³/mol. The van der Waals surface area contributed by atoms with E-state index in [0.717, 1.165) is 28.9 Å². The highest BCUT2D eigenvalue weighted by molar-refractivity contribution is 9.10. The van der Waals surface area contributed by atoms with E-state index in [1.165, 1.54) is 19.3 Å². The van der Waals surface area contributed by atoms with Crippen molar-refractivity contribution in [2.24, 2.45) is 5.92 Å². The molecule has 0 unspecified atom stereocenters. The Labute approximate surface area is 176 Å². The number of anilines is 1. The molecule has 0 radical (unpaired) electrons. The van der Waals surface area contributed by atoms with Gasteiger partial charge < -0.3 is 14.8 Å². The Morgan fingerprint density at radius 3 is 2.46 bits per heavy atom. The zero-order valence-electron chi connectivity index (χ0n) is 17.0. The second kappa shape index (κ2) is 11.7. The summed E-state index contributed by atoms with van der Waals surface area (Å²) in [6.45, 7) is 7.63. The highest BCUT2D eigenvalue weighted by Gasteiger charge is 2.14. The van der Waals surface area contributed by atoms with E-state index in [-0.39, 0.29) is 5.91 Å². The minimum atomic E-state index is -0.201. The van der Waals surface area contributed by atoms with Crippen molar-refractivity contribution in [3.63, 3.8) is 0 Å². The topological polar surface area (TPSA) is 47.6 Å². The van der Waals surface area contributed by atoms with E-state index in [1.807, 2.05) is 36.4 Å². The molecule has 0 spiro atoms. The van der Waals surface area contributed by atoms with E-state index in [2.05, 4.69) is 42.0 Å². The highest BCUT2D eigenvalue weighted by atomic mass is 79.9. The number of rotatable bonds is 11. The molecule has 0 heterocycles. The molecule has 0 saturated carbocycles. The molecule has 0 bridgehead atoms. The summed E-state index contributed by atoms with van der Waals surface area (Å²) in [4.78, 5) is 12.7. The van der Waals surface area contributed by atoms with Gasteiger partial charge in [-0.3, -0.25) is 4.79 Å². The third-order valence-corrected chi connectivity index (χ3v) is 4.63. The first-order valence-electron chi connectivity index (χ1n) is 9.96. The molecular formula is C23H30BrNO3. The normalized spacial score (nSPS) is 10.8. The molecule has 0 aliphatic rings. The van der Waals surface area contributed by atoms with Gasteiger partial charge in [0, 0.05) is 10.2 Å². The van der Waals surface area contributed by atoms with Crippen LogP contribution in [0.4, 0.5) is 5.69 Å². The van der Waals surface area contributed by atoms with Crippen molar-refractivity contribution in [1.29, 1.82) is 0 Å². The van der Waals surface area contributed by atoms with Crippen LogP contribution < -0.4 is 14.8 Å². The Morgan fingerprint density at radius 1 is 1.04 bits per heavy atom. The number of ether oxygens (including phenoxy) is 2. The molecule has 0 saturated heterocycles. The van der Waals surface area contributed by atoms with Gasteiger partial charge in [0.2, 0.25) is 0 Å². The zero-order valence-corrected chi connectivity index (χ0v) is 18.6. The molecular weight excluding hydrogens is 418 g/mol. The number of unbranched alkanes of at least 4 members (excludes halogenated alkanes) is 3. The van der Waals surface area contributed by atoms with Crippen LogP contribution in [-0.2, 0) is 0 Å². The van der Waals surface area contributed by atoms with E-state index in [4.69, 9.17) is 9.47 Å². The zero-order chi connectivity index (χ0) is 20.4. The van der Waals surface area contributed by atoms with Crippen LogP contribution in [0, 0.1) is 5.92 Å². The quantitative estimate of drug-likeness (QED) is 0.390. The van der Waals surface area contributed by atoms with Gasteiger partial charge in [-0.1, -0.05) is 56.0 Å². The van der Waals surface area contributed by atoms with Gasteiger partial charge in [-0.2, -0.15) is 0 Å². The molecule has 0 aliphatic carbocycles. The minimum Gasteiger partial charge on any atom is -0.494 e. The number of hydrogen-bond donors (Lipinski definition) is 1. The number of halogens is 1. The lowest BCUT2D eigenvalue weighted by Gasteiger charge is -2.14. The summed E-state index contributed by atoms with van der Waals surface area (Å²) in [5.41, 5.74) is 1.23. The number of carbonyl (C=O) groups excluding carboxylic acids is 1. The van der Waals surface area contributed by atoms with Gasteiger partial charge in [0.1, 0.15) is 11.5 Å². The van der Waals surface area contributed by atoms with Crippen molar-refractivity contribution >= 4 is 27.5 Å². The fourth-order valence-electron chi connectivity index (χ4n) is 2.61. The second-order valence-corrected chi connectivity index (χ2v) is 8.15. The van der Waals surface area contributed by atoms with Crippen LogP contribution in [0.3, 0.4) is 0 Å². The first kappa shape index (κ1) is 22.3. The maximum Gasteiger partial charge on any atom is 0.259 e. The van der Waals surface area contributed by atoms with Crippen LogP contribution in [0.5, 0.6) is 11.5 Å². The molecule has 152 valence electrons. The largest absolute Gasteiger partial charge is 0.494 e. The first-order chi connectivity index (χ1) is 13.5. The molecule has 2 rings (SSSR count). The molecule has 1 N–H and O–H groups in total.